The molecule has 0 radical (unpaired) electrons. The molecule has 0 spiro atoms. The minimum Gasteiger partial charge on any atom is -0.376 e. The molecule has 0 unspecified atom stereocenters. The summed E-state index contributed by atoms with van der Waals surface area (Å²) in [5.41, 5.74) is 3.62. The molecular formula is C23H23NO2. The number of rotatable bonds is 4. The van der Waals surface area contributed by atoms with Crippen LogP contribution in [0.1, 0.15) is 34.7 Å². The van der Waals surface area contributed by atoms with E-state index >= 15 is 0 Å². The van der Waals surface area contributed by atoms with Crippen LogP contribution < -0.4 is 5.32 Å². The Labute approximate surface area is 154 Å². The summed E-state index contributed by atoms with van der Waals surface area (Å²) in [6, 6.07) is 23.0. The minimum atomic E-state index is -1.37. The van der Waals surface area contributed by atoms with Crippen LogP contribution in [-0.2, 0) is 10.4 Å². The van der Waals surface area contributed by atoms with Crippen molar-refractivity contribution < 1.29 is 9.90 Å². The van der Waals surface area contributed by atoms with E-state index in [1.165, 1.54) is 6.92 Å². The smallest absolute Gasteiger partial charge is 0.221 e. The Kier molecular flexibility index (Phi) is 4.92. The molecule has 0 atom stereocenters. The molecule has 0 aliphatic heterocycles. The zero-order valence-corrected chi connectivity index (χ0v) is 15.3. The first-order valence-corrected chi connectivity index (χ1v) is 8.65. The van der Waals surface area contributed by atoms with Crippen molar-refractivity contribution in [1.29, 1.82) is 0 Å². The minimum absolute atomic E-state index is 0.174. The third-order valence-electron chi connectivity index (χ3n) is 4.57. The van der Waals surface area contributed by atoms with Crippen LogP contribution in [-0.4, -0.2) is 11.0 Å². The number of aliphatic hydroxyl groups is 1. The number of para-hydroxylation sites is 1. The van der Waals surface area contributed by atoms with Gasteiger partial charge in [0.2, 0.25) is 5.91 Å². The van der Waals surface area contributed by atoms with Crippen molar-refractivity contribution in [2.75, 3.05) is 5.32 Å². The van der Waals surface area contributed by atoms with Gasteiger partial charge in [-0.25, -0.2) is 0 Å². The lowest BCUT2D eigenvalue weighted by Gasteiger charge is -2.32. The molecule has 2 N–H and O–H groups in total. The fourth-order valence-electron chi connectivity index (χ4n) is 3.16. The number of amides is 1. The zero-order chi connectivity index (χ0) is 18.7. The highest BCUT2D eigenvalue weighted by Gasteiger charge is 2.35. The molecule has 132 valence electrons. The maximum Gasteiger partial charge on any atom is 0.221 e. The van der Waals surface area contributed by atoms with E-state index in [2.05, 4.69) is 5.32 Å². The molecule has 0 aromatic heterocycles. The number of aryl methyl sites for hydroxylation is 2. The second-order valence-electron chi connectivity index (χ2n) is 6.67. The molecule has 0 aliphatic rings. The number of benzene rings is 3. The molecule has 3 aromatic carbocycles. The van der Waals surface area contributed by atoms with Crippen LogP contribution in [0.3, 0.4) is 0 Å². The number of nitrogens with one attached hydrogen (secondary N) is 1. The van der Waals surface area contributed by atoms with E-state index in [0.717, 1.165) is 22.3 Å². The number of hydrogen-bond acceptors (Lipinski definition) is 2. The van der Waals surface area contributed by atoms with E-state index in [1.54, 1.807) is 0 Å². The quantitative estimate of drug-likeness (QED) is 0.682. The van der Waals surface area contributed by atoms with Gasteiger partial charge < -0.3 is 10.4 Å². The van der Waals surface area contributed by atoms with Crippen molar-refractivity contribution in [1.82, 2.24) is 0 Å². The van der Waals surface area contributed by atoms with Gasteiger partial charge in [-0.15, -0.1) is 0 Å². The number of carbonyl (C=O) groups is 1. The Morgan fingerprint density at radius 1 is 0.808 bits per heavy atom. The third kappa shape index (κ3) is 3.39. The topological polar surface area (TPSA) is 49.3 Å². The number of hydrogen-bond donors (Lipinski definition) is 2. The van der Waals surface area contributed by atoms with Crippen LogP contribution in [0.4, 0.5) is 5.69 Å². The molecule has 0 bridgehead atoms. The average Bonchev–Trinajstić information content (AvgIpc) is 2.62. The van der Waals surface area contributed by atoms with E-state index in [-0.39, 0.29) is 5.91 Å². The van der Waals surface area contributed by atoms with Gasteiger partial charge in [0.15, 0.2) is 0 Å². The van der Waals surface area contributed by atoms with Gasteiger partial charge >= 0.3 is 0 Å². The van der Waals surface area contributed by atoms with E-state index in [1.807, 2.05) is 86.6 Å². The Morgan fingerprint density at radius 2 is 1.27 bits per heavy atom. The largest absolute Gasteiger partial charge is 0.376 e. The molecule has 0 heterocycles. The first-order chi connectivity index (χ1) is 12.4. The number of carbonyl (C=O) groups excluding carboxylic acids is 1. The van der Waals surface area contributed by atoms with Crippen molar-refractivity contribution in [3.8, 4) is 0 Å². The summed E-state index contributed by atoms with van der Waals surface area (Å²) in [6.45, 7) is 5.49. The standard InChI is InChI=1S/C23H23NO2/c1-16-8-12-19(13-9-16)23(26,20-14-10-17(2)11-15-20)21-6-4-5-7-22(21)24-18(3)25/h4-15,26H,1-3H3,(H,24,25). The Balaban J connectivity index is 2.27. The van der Waals surface area contributed by atoms with Crippen LogP contribution in [0.15, 0.2) is 72.8 Å². The van der Waals surface area contributed by atoms with Gasteiger partial charge in [0.25, 0.3) is 0 Å². The van der Waals surface area contributed by atoms with Crippen LogP contribution in [0, 0.1) is 13.8 Å². The van der Waals surface area contributed by atoms with Gasteiger partial charge in [-0.3, -0.25) is 4.79 Å². The predicted octanol–water partition coefficient (Wildman–Crippen LogP) is 4.55. The molecule has 0 aliphatic carbocycles. The molecule has 3 rings (SSSR count). The molecule has 3 nitrogen and oxygen atoms in total. The first kappa shape index (κ1) is 17.9. The van der Waals surface area contributed by atoms with Crippen molar-refractivity contribution in [2.24, 2.45) is 0 Å². The molecule has 3 aromatic rings. The van der Waals surface area contributed by atoms with Gasteiger partial charge in [-0.1, -0.05) is 77.9 Å². The van der Waals surface area contributed by atoms with E-state index in [4.69, 9.17) is 0 Å². The predicted molar refractivity (Wildman–Crippen MR) is 105 cm³/mol. The van der Waals surface area contributed by atoms with Crippen LogP contribution in [0.2, 0.25) is 0 Å². The van der Waals surface area contributed by atoms with Crippen LogP contribution >= 0.6 is 0 Å². The van der Waals surface area contributed by atoms with Gasteiger partial charge in [0, 0.05) is 18.2 Å². The first-order valence-electron chi connectivity index (χ1n) is 8.65. The second kappa shape index (κ2) is 7.14. The Morgan fingerprint density at radius 3 is 1.73 bits per heavy atom. The average molecular weight is 345 g/mol. The normalized spacial score (nSPS) is 11.2. The molecule has 1 amide bonds. The SMILES string of the molecule is CC(=O)Nc1ccccc1C(O)(c1ccc(C)cc1)c1ccc(C)cc1. The highest BCUT2D eigenvalue weighted by atomic mass is 16.3. The molecular weight excluding hydrogens is 322 g/mol. The maximum absolute atomic E-state index is 11.9. The third-order valence-corrected chi connectivity index (χ3v) is 4.57. The fraction of sp³-hybridized carbons (Fsp3) is 0.174. The van der Waals surface area contributed by atoms with Crippen LogP contribution in [0.25, 0.3) is 0 Å². The Bertz CT molecular complexity index is 866. The summed E-state index contributed by atoms with van der Waals surface area (Å²) in [5, 5.41) is 14.8. The van der Waals surface area contributed by atoms with Gasteiger partial charge in [-0.2, -0.15) is 0 Å². The summed E-state index contributed by atoms with van der Waals surface area (Å²) in [7, 11) is 0. The van der Waals surface area contributed by atoms with Crippen molar-refractivity contribution in [3.63, 3.8) is 0 Å². The second-order valence-corrected chi connectivity index (χ2v) is 6.67. The monoisotopic (exact) mass is 345 g/mol. The number of anilines is 1. The van der Waals surface area contributed by atoms with Crippen LogP contribution in [0.5, 0.6) is 0 Å². The van der Waals surface area contributed by atoms with Gasteiger partial charge in [-0.05, 0) is 31.0 Å². The maximum atomic E-state index is 11.9. The molecule has 0 fully saturated rings. The summed E-state index contributed by atoms with van der Waals surface area (Å²) in [6.07, 6.45) is 0. The molecule has 26 heavy (non-hydrogen) atoms. The fourth-order valence-corrected chi connectivity index (χ4v) is 3.16. The summed E-state index contributed by atoms with van der Waals surface area (Å²) >= 11 is 0. The highest BCUT2D eigenvalue weighted by Crippen LogP contribution is 2.40. The summed E-state index contributed by atoms with van der Waals surface area (Å²) in [5.74, 6) is -0.174. The van der Waals surface area contributed by atoms with Crippen molar-refractivity contribution in [2.45, 2.75) is 26.4 Å². The van der Waals surface area contributed by atoms with Crippen molar-refractivity contribution in [3.05, 3.63) is 101 Å². The van der Waals surface area contributed by atoms with E-state index in [9.17, 15) is 9.90 Å². The summed E-state index contributed by atoms with van der Waals surface area (Å²) < 4.78 is 0. The highest BCUT2D eigenvalue weighted by molar-refractivity contribution is 5.90. The van der Waals surface area contributed by atoms with E-state index < -0.39 is 5.60 Å². The molecule has 0 saturated heterocycles. The Hall–Kier alpha value is -2.91. The van der Waals surface area contributed by atoms with Gasteiger partial charge in [0.05, 0.1) is 0 Å². The lowest BCUT2D eigenvalue weighted by molar-refractivity contribution is -0.114. The lowest BCUT2D eigenvalue weighted by Crippen LogP contribution is -2.30. The van der Waals surface area contributed by atoms with Crippen molar-refractivity contribution >= 4 is 11.6 Å². The lowest BCUT2D eigenvalue weighted by atomic mass is 9.79. The molecule has 0 saturated carbocycles. The van der Waals surface area contributed by atoms with Gasteiger partial charge in [0.1, 0.15) is 5.60 Å². The zero-order valence-electron chi connectivity index (χ0n) is 15.3. The van der Waals surface area contributed by atoms with E-state index in [0.29, 0.717) is 11.3 Å². The molecule has 3 heteroatoms. The summed E-state index contributed by atoms with van der Waals surface area (Å²) in [4.78, 5) is 11.7.